The highest BCUT2D eigenvalue weighted by atomic mass is 35.5. The highest BCUT2D eigenvalue weighted by Gasteiger charge is 2.35. The van der Waals surface area contributed by atoms with E-state index in [4.69, 9.17) is 0 Å². The van der Waals surface area contributed by atoms with Crippen molar-refractivity contribution in [3.8, 4) is 0 Å². The van der Waals surface area contributed by atoms with E-state index in [-0.39, 0.29) is 18.4 Å². The van der Waals surface area contributed by atoms with E-state index < -0.39 is 10.0 Å². The van der Waals surface area contributed by atoms with E-state index in [0.29, 0.717) is 16.3 Å². The molecular formula is C13H21ClN2O2S2. The Morgan fingerprint density at radius 3 is 2.50 bits per heavy atom. The Bertz CT molecular complexity index is 546. The molecule has 2 bridgehead atoms. The summed E-state index contributed by atoms with van der Waals surface area (Å²) in [6.45, 7) is 2.04. The zero-order chi connectivity index (χ0) is 13.5. The van der Waals surface area contributed by atoms with Crippen LogP contribution in [0.1, 0.15) is 37.5 Å². The molecule has 1 aromatic rings. The minimum atomic E-state index is -3.33. The molecule has 7 heteroatoms. The normalized spacial score (nSPS) is 29.1. The van der Waals surface area contributed by atoms with Crippen LogP contribution in [-0.2, 0) is 16.4 Å². The zero-order valence-corrected chi connectivity index (χ0v) is 13.9. The molecule has 4 nitrogen and oxygen atoms in total. The first-order valence-electron chi connectivity index (χ1n) is 6.94. The molecule has 2 aliphatic rings. The molecule has 3 rings (SSSR count). The van der Waals surface area contributed by atoms with E-state index in [9.17, 15) is 8.42 Å². The average molecular weight is 337 g/mol. The number of fused-ring (bicyclic) bond motifs is 2. The maximum Gasteiger partial charge on any atom is 0.250 e. The summed E-state index contributed by atoms with van der Waals surface area (Å²) in [6.07, 6.45) is 5.09. The highest BCUT2D eigenvalue weighted by molar-refractivity contribution is 7.91. The summed E-state index contributed by atoms with van der Waals surface area (Å²) in [7, 11) is -3.33. The SMILES string of the molecule is CCc1ccc(S(=O)(=O)NC2CC3CCC(C2)N3)s1.Cl. The number of hydrogen-bond donors (Lipinski definition) is 2. The Kier molecular flexibility index (Phi) is 5.13. The van der Waals surface area contributed by atoms with Crippen molar-refractivity contribution in [1.29, 1.82) is 0 Å². The van der Waals surface area contributed by atoms with Crippen LogP contribution in [0.4, 0.5) is 0 Å². The fourth-order valence-electron chi connectivity index (χ4n) is 3.12. The van der Waals surface area contributed by atoms with Crippen molar-refractivity contribution in [2.45, 2.75) is 61.4 Å². The van der Waals surface area contributed by atoms with Crippen molar-refractivity contribution in [1.82, 2.24) is 10.0 Å². The molecule has 114 valence electrons. The van der Waals surface area contributed by atoms with Crippen molar-refractivity contribution in [2.75, 3.05) is 0 Å². The van der Waals surface area contributed by atoms with Crippen LogP contribution in [0.2, 0.25) is 0 Å². The van der Waals surface area contributed by atoms with E-state index in [1.54, 1.807) is 6.07 Å². The summed E-state index contributed by atoms with van der Waals surface area (Å²) in [5.74, 6) is 0. The lowest BCUT2D eigenvalue weighted by atomic mass is 10.0. The smallest absolute Gasteiger partial charge is 0.250 e. The van der Waals surface area contributed by atoms with Gasteiger partial charge >= 0.3 is 0 Å². The standard InChI is InChI=1S/C13H20N2O2S2.ClH/c1-2-12-5-6-13(18-12)19(16,17)15-11-7-9-3-4-10(8-11)14-9;/h5-6,9-11,14-15H,2-4,7-8H2,1H3;1H. The maximum atomic E-state index is 12.3. The van der Waals surface area contributed by atoms with Crippen LogP contribution in [-0.4, -0.2) is 26.5 Å². The number of piperidine rings is 1. The van der Waals surface area contributed by atoms with Crippen LogP contribution >= 0.6 is 23.7 Å². The van der Waals surface area contributed by atoms with Gasteiger partial charge in [0.2, 0.25) is 10.0 Å². The lowest BCUT2D eigenvalue weighted by Crippen LogP contribution is -2.47. The quantitative estimate of drug-likeness (QED) is 0.887. The van der Waals surface area contributed by atoms with E-state index in [1.807, 2.05) is 13.0 Å². The minimum Gasteiger partial charge on any atom is -0.311 e. The fraction of sp³-hybridized carbons (Fsp3) is 0.692. The summed E-state index contributed by atoms with van der Waals surface area (Å²) >= 11 is 1.38. The van der Waals surface area contributed by atoms with Crippen molar-refractivity contribution in [3.05, 3.63) is 17.0 Å². The van der Waals surface area contributed by atoms with Crippen molar-refractivity contribution < 1.29 is 8.42 Å². The van der Waals surface area contributed by atoms with Gasteiger partial charge in [-0.05, 0) is 44.2 Å². The van der Waals surface area contributed by atoms with Gasteiger partial charge in [-0.1, -0.05) is 6.92 Å². The van der Waals surface area contributed by atoms with E-state index in [2.05, 4.69) is 10.0 Å². The fourth-order valence-corrected chi connectivity index (χ4v) is 5.70. The molecule has 0 amide bonds. The van der Waals surface area contributed by atoms with Gasteiger partial charge in [0.05, 0.1) is 0 Å². The number of halogens is 1. The van der Waals surface area contributed by atoms with E-state index in [1.165, 1.54) is 24.2 Å². The molecule has 2 saturated heterocycles. The number of aryl methyl sites for hydroxylation is 1. The van der Waals surface area contributed by atoms with Gasteiger partial charge in [-0.25, -0.2) is 13.1 Å². The molecule has 0 radical (unpaired) electrons. The zero-order valence-electron chi connectivity index (χ0n) is 11.5. The lowest BCUT2D eigenvalue weighted by Gasteiger charge is -2.29. The summed E-state index contributed by atoms with van der Waals surface area (Å²) in [6, 6.07) is 4.73. The molecule has 0 aromatic carbocycles. The van der Waals surface area contributed by atoms with Crippen LogP contribution in [0, 0.1) is 0 Å². The van der Waals surface area contributed by atoms with Crippen molar-refractivity contribution >= 4 is 33.8 Å². The van der Waals surface area contributed by atoms with Crippen molar-refractivity contribution in [2.24, 2.45) is 0 Å². The third-order valence-electron chi connectivity index (χ3n) is 4.05. The van der Waals surface area contributed by atoms with Crippen LogP contribution in [0.5, 0.6) is 0 Å². The number of nitrogens with one attached hydrogen (secondary N) is 2. The molecule has 20 heavy (non-hydrogen) atoms. The Labute approximate surface area is 130 Å². The number of sulfonamides is 1. The number of thiophene rings is 1. The molecule has 2 atom stereocenters. The number of hydrogen-bond acceptors (Lipinski definition) is 4. The Hall–Kier alpha value is -0.140. The van der Waals surface area contributed by atoms with Gasteiger partial charge in [-0.3, -0.25) is 0 Å². The molecular weight excluding hydrogens is 316 g/mol. The molecule has 0 spiro atoms. The van der Waals surface area contributed by atoms with Gasteiger partial charge in [0.15, 0.2) is 0 Å². The first kappa shape index (κ1) is 16.2. The predicted octanol–water partition coefficient (Wildman–Crippen LogP) is 2.29. The first-order valence-corrected chi connectivity index (χ1v) is 9.24. The third kappa shape index (κ3) is 3.36. The largest absolute Gasteiger partial charge is 0.311 e. The molecule has 2 N–H and O–H groups in total. The first-order chi connectivity index (χ1) is 9.06. The topological polar surface area (TPSA) is 58.2 Å². The molecule has 0 aliphatic carbocycles. The second-order valence-corrected chi connectivity index (χ2v) is 8.61. The van der Waals surface area contributed by atoms with Gasteiger partial charge in [0.25, 0.3) is 0 Å². The van der Waals surface area contributed by atoms with Crippen LogP contribution in [0.25, 0.3) is 0 Å². The van der Waals surface area contributed by atoms with Gasteiger partial charge in [-0.2, -0.15) is 0 Å². The molecule has 0 saturated carbocycles. The summed E-state index contributed by atoms with van der Waals surface area (Å²) in [5.41, 5.74) is 0. The van der Waals surface area contributed by atoms with Gasteiger partial charge in [0.1, 0.15) is 4.21 Å². The summed E-state index contributed by atoms with van der Waals surface area (Å²) < 4.78 is 28.0. The Balaban J connectivity index is 0.00000147. The van der Waals surface area contributed by atoms with Gasteiger partial charge in [0, 0.05) is 23.0 Å². The van der Waals surface area contributed by atoms with E-state index in [0.717, 1.165) is 24.1 Å². The van der Waals surface area contributed by atoms with Crippen LogP contribution in [0.3, 0.4) is 0 Å². The molecule has 2 unspecified atom stereocenters. The maximum absolute atomic E-state index is 12.3. The Morgan fingerprint density at radius 2 is 1.95 bits per heavy atom. The minimum absolute atomic E-state index is 0. The lowest BCUT2D eigenvalue weighted by molar-refractivity contribution is 0.345. The van der Waals surface area contributed by atoms with Gasteiger partial charge in [-0.15, -0.1) is 23.7 Å². The van der Waals surface area contributed by atoms with Crippen molar-refractivity contribution in [3.63, 3.8) is 0 Å². The van der Waals surface area contributed by atoms with Crippen LogP contribution < -0.4 is 10.0 Å². The second kappa shape index (κ2) is 6.32. The highest BCUT2D eigenvalue weighted by Crippen LogP contribution is 2.29. The number of rotatable bonds is 4. The average Bonchev–Trinajstić information content (AvgIpc) is 2.96. The predicted molar refractivity (Wildman–Crippen MR) is 84.2 cm³/mol. The molecule has 2 aliphatic heterocycles. The molecule has 1 aromatic heterocycles. The molecule has 2 fully saturated rings. The van der Waals surface area contributed by atoms with E-state index >= 15 is 0 Å². The van der Waals surface area contributed by atoms with Crippen LogP contribution in [0.15, 0.2) is 16.3 Å². The monoisotopic (exact) mass is 336 g/mol. The Morgan fingerprint density at radius 1 is 1.30 bits per heavy atom. The summed E-state index contributed by atoms with van der Waals surface area (Å²) in [4.78, 5) is 1.12. The summed E-state index contributed by atoms with van der Waals surface area (Å²) in [5, 5.41) is 3.53. The second-order valence-electron chi connectivity index (χ2n) is 5.50. The third-order valence-corrected chi connectivity index (χ3v) is 7.29. The van der Waals surface area contributed by atoms with Gasteiger partial charge < -0.3 is 5.32 Å². The molecule has 3 heterocycles.